The molecule has 1 atom stereocenters. The Kier molecular flexibility index (Phi) is 6.08. The molecule has 1 aromatic heterocycles. The molecular weight excluding hydrogens is 352 g/mol. The van der Waals surface area contributed by atoms with Crippen LogP contribution >= 0.6 is 39.0 Å². The van der Waals surface area contributed by atoms with E-state index in [9.17, 15) is 0 Å². The number of halogens is 1. The number of hydrogen-bond donors (Lipinski definition) is 1. The molecule has 1 N–H and O–H groups in total. The van der Waals surface area contributed by atoms with Gasteiger partial charge in [-0.3, -0.25) is 0 Å². The van der Waals surface area contributed by atoms with Crippen LogP contribution in [0, 0.1) is 13.8 Å². The van der Waals surface area contributed by atoms with Gasteiger partial charge in [0, 0.05) is 32.5 Å². The lowest BCUT2D eigenvalue weighted by Gasteiger charge is -2.14. The summed E-state index contributed by atoms with van der Waals surface area (Å²) in [4.78, 5) is 7.25. The minimum absolute atomic E-state index is 0.442. The van der Waals surface area contributed by atoms with E-state index in [1.807, 2.05) is 36.2 Å². The van der Waals surface area contributed by atoms with E-state index < -0.39 is 0 Å². The third-order valence-corrected chi connectivity index (χ3v) is 6.46. The molecule has 2 aromatic rings. The predicted molar refractivity (Wildman–Crippen MR) is 93.0 cm³/mol. The summed E-state index contributed by atoms with van der Waals surface area (Å²) in [5.41, 5.74) is 1.17. The number of rotatable bonds is 6. The van der Waals surface area contributed by atoms with Gasteiger partial charge < -0.3 is 5.32 Å². The van der Waals surface area contributed by atoms with Crippen molar-refractivity contribution < 1.29 is 0 Å². The number of benzene rings is 1. The number of aryl methyl sites for hydroxylation is 2. The Labute approximate surface area is 137 Å². The molecule has 0 aliphatic rings. The van der Waals surface area contributed by atoms with Gasteiger partial charge in [0.15, 0.2) is 0 Å². The van der Waals surface area contributed by atoms with Crippen LogP contribution in [0.4, 0.5) is 0 Å². The molecule has 0 saturated heterocycles. The van der Waals surface area contributed by atoms with Crippen LogP contribution in [0.15, 0.2) is 33.6 Å². The Morgan fingerprint density at radius 2 is 2.10 bits per heavy atom. The van der Waals surface area contributed by atoms with Crippen molar-refractivity contribution in [1.82, 2.24) is 10.3 Å². The zero-order valence-corrected chi connectivity index (χ0v) is 15.2. The molecule has 0 bridgehead atoms. The summed E-state index contributed by atoms with van der Waals surface area (Å²) in [5, 5.41) is 4.63. The normalized spacial score (nSPS) is 12.6. The maximum absolute atomic E-state index is 4.63. The van der Waals surface area contributed by atoms with Crippen LogP contribution in [0.25, 0.3) is 0 Å². The van der Waals surface area contributed by atoms with Crippen molar-refractivity contribution in [2.24, 2.45) is 0 Å². The number of likely N-dealkylation sites (N-methyl/N-ethyl adjacent to an activating group) is 1. The first-order chi connectivity index (χ1) is 9.60. The van der Waals surface area contributed by atoms with Crippen molar-refractivity contribution in [3.05, 3.63) is 44.3 Å². The highest BCUT2D eigenvalue weighted by Crippen LogP contribution is 2.28. The van der Waals surface area contributed by atoms with E-state index in [4.69, 9.17) is 0 Å². The summed E-state index contributed by atoms with van der Waals surface area (Å²) in [6, 6.07) is 8.81. The fraction of sp³-hybridized carbons (Fsp3) is 0.400. The third kappa shape index (κ3) is 4.32. The van der Waals surface area contributed by atoms with Crippen molar-refractivity contribution in [3.8, 4) is 0 Å². The Bertz CT molecular complexity index is 549. The topological polar surface area (TPSA) is 24.9 Å². The van der Waals surface area contributed by atoms with E-state index in [-0.39, 0.29) is 0 Å². The SMILES string of the molecule is CNC(CSc1ccccc1Br)Cc1nc(C)c(C)s1. The van der Waals surface area contributed by atoms with Gasteiger partial charge in [-0.2, -0.15) is 0 Å². The van der Waals surface area contributed by atoms with Crippen LogP contribution in [0.2, 0.25) is 0 Å². The van der Waals surface area contributed by atoms with Crippen molar-refractivity contribution in [2.45, 2.75) is 31.2 Å². The van der Waals surface area contributed by atoms with Crippen LogP contribution < -0.4 is 5.32 Å². The van der Waals surface area contributed by atoms with Gasteiger partial charge in [0.25, 0.3) is 0 Å². The quantitative estimate of drug-likeness (QED) is 0.760. The first-order valence-electron chi connectivity index (χ1n) is 6.57. The highest BCUT2D eigenvalue weighted by molar-refractivity contribution is 9.10. The van der Waals surface area contributed by atoms with Crippen LogP contribution in [-0.4, -0.2) is 23.8 Å². The summed E-state index contributed by atoms with van der Waals surface area (Å²) < 4.78 is 1.17. The Morgan fingerprint density at radius 1 is 1.35 bits per heavy atom. The molecule has 0 spiro atoms. The molecule has 0 fully saturated rings. The number of nitrogens with zero attached hydrogens (tertiary/aromatic N) is 1. The molecule has 1 unspecified atom stereocenters. The first kappa shape index (κ1) is 16.0. The molecule has 0 saturated carbocycles. The standard InChI is InChI=1S/C15H19BrN2S2/c1-10-11(2)20-15(18-10)8-12(17-3)9-19-14-7-5-4-6-13(14)16/h4-7,12,17H,8-9H2,1-3H3. The minimum Gasteiger partial charge on any atom is -0.316 e. The molecule has 5 heteroatoms. The first-order valence-corrected chi connectivity index (χ1v) is 9.17. The lowest BCUT2D eigenvalue weighted by atomic mass is 10.2. The van der Waals surface area contributed by atoms with Gasteiger partial charge in [0.1, 0.15) is 0 Å². The maximum atomic E-state index is 4.63. The van der Waals surface area contributed by atoms with Gasteiger partial charge in [-0.1, -0.05) is 12.1 Å². The largest absolute Gasteiger partial charge is 0.316 e. The highest BCUT2D eigenvalue weighted by Gasteiger charge is 2.12. The van der Waals surface area contributed by atoms with E-state index in [1.165, 1.54) is 24.9 Å². The summed E-state index contributed by atoms with van der Waals surface area (Å²) in [5.74, 6) is 1.04. The van der Waals surface area contributed by atoms with E-state index in [0.29, 0.717) is 6.04 Å². The third-order valence-electron chi connectivity index (χ3n) is 3.18. The van der Waals surface area contributed by atoms with Crippen molar-refractivity contribution in [1.29, 1.82) is 0 Å². The number of hydrogen-bond acceptors (Lipinski definition) is 4. The fourth-order valence-corrected chi connectivity index (χ4v) is 4.52. The van der Waals surface area contributed by atoms with E-state index >= 15 is 0 Å². The number of aromatic nitrogens is 1. The molecule has 1 aromatic carbocycles. The molecule has 0 amide bonds. The Hall–Kier alpha value is -0.360. The second-order valence-electron chi connectivity index (χ2n) is 4.68. The molecule has 2 nitrogen and oxygen atoms in total. The van der Waals surface area contributed by atoms with Crippen LogP contribution in [0.1, 0.15) is 15.6 Å². The smallest absolute Gasteiger partial charge is 0.0946 e. The number of nitrogens with one attached hydrogen (secondary N) is 1. The van der Waals surface area contributed by atoms with Crippen LogP contribution in [-0.2, 0) is 6.42 Å². The van der Waals surface area contributed by atoms with Gasteiger partial charge in [-0.15, -0.1) is 23.1 Å². The molecule has 108 valence electrons. The van der Waals surface area contributed by atoms with Gasteiger partial charge >= 0.3 is 0 Å². The molecule has 0 aliphatic carbocycles. The molecule has 1 heterocycles. The lowest BCUT2D eigenvalue weighted by molar-refractivity contribution is 0.615. The molecule has 0 aliphatic heterocycles. The molecule has 20 heavy (non-hydrogen) atoms. The molecule has 2 rings (SSSR count). The monoisotopic (exact) mass is 370 g/mol. The van der Waals surface area contributed by atoms with Gasteiger partial charge in [0.05, 0.1) is 10.7 Å². The van der Waals surface area contributed by atoms with Gasteiger partial charge in [-0.05, 0) is 49.0 Å². The zero-order valence-electron chi connectivity index (χ0n) is 11.9. The van der Waals surface area contributed by atoms with Gasteiger partial charge in [-0.25, -0.2) is 4.98 Å². The van der Waals surface area contributed by atoms with E-state index in [2.05, 4.69) is 58.3 Å². The van der Waals surface area contributed by atoms with Crippen LogP contribution in [0.3, 0.4) is 0 Å². The van der Waals surface area contributed by atoms with E-state index in [1.54, 1.807) is 0 Å². The number of thioether (sulfide) groups is 1. The van der Waals surface area contributed by atoms with Gasteiger partial charge in [0.2, 0.25) is 0 Å². The minimum atomic E-state index is 0.442. The average molecular weight is 371 g/mol. The highest BCUT2D eigenvalue weighted by atomic mass is 79.9. The Morgan fingerprint density at radius 3 is 2.70 bits per heavy atom. The second-order valence-corrected chi connectivity index (χ2v) is 7.88. The number of thiazole rings is 1. The summed E-state index contributed by atoms with van der Waals surface area (Å²) in [7, 11) is 2.03. The fourth-order valence-electron chi connectivity index (χ4n) is 1.83. The van der Waals surface area contributed by atoms with E-state index in [0.717, 1.165) is 12.2 Å². The summed E-state index contributed by atoms with van der Waals surface area (Å²) in [6.07, 6.45) is 0.993. The molecule has 0 radical (unpaired) electrons. The molecular formula is C15H19BrN2S2. The van der Waals surface area contributed by atoms with Crippen LogP contribution in [0.5, 0.6) is 0 Å². The Balaban J connectivity index is 1.94. The predicted octanol–water partition coefficient (Wildman–Crippen LogP) is 4.45. The maximum Gasteiger partial charge on any atom is 0.0946 e. The summed E-state index contributed by atoms with van der Waals surface area (Å²) in [6.45, 7) is 4.22. The summed E-state index contributed by atoms with van der Waals surface area (Å²) >= 11 is 7.29. The van der Waals surface area contributed by atoms with Crippen molar-refractivity contribution in [3.63, 3.8) is 0 Å². The average Bonchev–Trinajstić information content (AvgIpc) is 2.75. The second kappa shape index (κ2) is 7.59. The lowest BCUT2D eigenvalue weighted by Crippen LogP contribution is -2.30. The van der Waals surface area contributed by atoms with Crippen molar-refractivity contribution in [2.75, 3.05) is 12.8 Å². The van der Waals surface area contributed by atoms with Crippen molar-refractivity contribution >= 4 is 39.0 Å². The zero-order chi connectivity index (χ0) is 14.5.